The first-order chi connectivity index (χ1) is 15.7. The lowest BCUT2D eigenvalue weighted by atomic mass is 9.94. The molecule has 3 rings (SSSR count). The molecule has 1 unspecified atom stereocenters. The van der Waals surface area contributed by atoms with E-state index in [0.29, 0.717) is 13.0 Å². The maximum atomic E-state index is 13.1. The molecule has 0 aromatic heterocycles. The Hall–Kier alpha value is -2.54. The zero-order valence-electron chi connectivity index (χ0n) is 19.2. The highest BCUT2D eigenvalue weighted by Crippen LogP contribution is 2.42. The Bertz CT molecular complexity index is 1060. The van der Waals surface area contributed by atoms with Crippen molar-refractivity contribution in [3.8, 4) is 5.75 Å². The molecule has 1 heterocycles. The molecule has 2 aromatic rings. The summed E-state index contributed by atoms with van der Waals surface area (Å²) in [5.74, 6) is -1.42. The van der Waals surface area contributed by atoms with E-state index in [1.807, 2.05) is 43.3 Å². The summed E-state index contributed by atoms with van der Waals surface area (Å²) in [5.41, 5.74) is 2.15. The molecular weight excluding hydrogens is 463 g/mol. The predicted octanol–water partition coefficient (Wildman–Crippen LogP) is 4.94. The van der Waals surface area contributed by atoms with E-state index >= 15 is 0 Å². The molecular formula is C25H28Cl2N2O4. The SMILES string of the molecule is CCc1ccc(C2/C(=C(\O)c3cc(Cl)c(OC)c(Cl)c3)C(=O)C(=O)N2CCCN(C)C)cc1. The molecule has 0 radical (unpaired) electrons. The number of ether oxygens (including phenoxy) is 1. The molecule has 0 bridgehead atoms. The van der Waals surface area contributed by atoms with Crippen molar-refractivity contribution in [2.45, 2.75) is 25.8 Å². The fourth-order valence-corrected chi connectivity index (χ4v) is 4.64. The summed E-state index contributed by atoms with van der Waals surface area (Å²) in [5, 5.41) is 11.6. The van der Waals surface area contributed by atoms with Gasteiger partial charge in [0.25, 0.3) is 11.7 Å². The van der Waals surface area contributed by atoms with Crippen LogP contribution >= 0.6 is 23.2 Å². The molecule has 1 atom stereocenters. The van der Waals surface area contributed by atoms with Crippen LogP contribution in [0.15, 0.2) is 42.0 Å². The number of carbonyl (C=O) groups excluding carboxylic acids is 2. The average molecular weight is 491 g/mol. The zero-order chi connectivity index (χ0) is 24.3. The van der Waals surface area contributed by atoms with E-state index in [4.69, 9.17) is 27.9 Å². The van der Waals surface area contributed by atoms with E-state index in [1.165, 1.54) is 24.1 Å². The fourth-order valence-electron chi connectivity index (χ4n) is 4.00. The topological polar surface area (TPSA) is 70.1 Å². The highest BCUT2D eigenvalue weighted by molar-refractivity contribution is 6.46. The van der Waals surface area contributed by atoms with Gasteiger partial charge in [-0.1, -0.05) is 54.4 Å². The summed E-state index contributed by atoms with van der Waals surface area (Å²) in [6.07, 6.45) is 1.55. The van der Waals surface area contributed by atoms with Gasteiger partial charge in [0.1, 0.15) is 5.76 Å². The first-order valence-corrected chi connectivity index (χ1v) is 11.5. The van der Waals surface area contributed by atoms with Crippen molar-refractivity contribution in [3.05, 3.63) is 68.7 Å². The number of methoxy groups -OCH3 is 1. The van der Waals surface area contributed by atoms with Crippen molar-refractivity contribution in [2.24, 2.45) is 0 Å². The van der Waals surface area contributed by atoms with Gasteiger partial charge in [0.2, 0.25) is 0 Å². The van der Waals surface area contributed by atoms with E-state index in [0.717, 1.165) is 24.1 Å². The second kappa shape index (κ2) is 10.6. The molecule has 1 N–H and O–H groups in total. The molecule has 6 nitrogen and oxygen atoms in total. The predicted molar refractivity (Wildman–Crippen MR) is 131 cm³/mol. The number of hydrogen-bond acceptors (Lipinski definition) is 5. The van der Waals surface area contributed by atoms with Gasteiger partial charge in [-0.25, -0.2) is 0 Å². The van der Waals surface area contributed by atoms with Crippen molar-refractivity contribution in [3.63, 3.8) is 0 Å². The first-order valence-electron chi connectivity index (χ1n) is 10.7. The molecule has 1 aliphatic heterocycles. The van der Waals surface area contributed by atoms with Gasteiger partial charge >= 0.3 is 0 Å². The van der Waals surface area contributed by atoms with Crippen LogP contribution in [0.5, 0.6) is 5.75 Å². The van der Waals surface area contributed by atoms with Gasteiger partial charge in [0, 0.05) is 12.1 Å². The van der Waals surface area contributed by atoms with E-state index < -0.39 is 17.7 Å². The van der Waals surface area contributed by atoms with Gasteiger partial charge in [-0.3, -0.25) is 9.59 Å². The minimum atomic E-state index is -0.731. The third kappa shape index (κ3) is 5.18. The minimum Gasteiger partial charge on any atom is -0.507 e. The number of aryl methyl sites for hydroxylation is 1. The van der Waals surface area contributed by atoms with E-state index in [2.05, 4.69) is 6.92 Å². The number of amides is 1. The largest absolute Gasteiger partial charge is 0.507 e. The molecule has 0 saturated carbocycles. The van der Waals surface area contributed by atoms with Crippen LogP contribution in [-0.2, 0) is 16.0 Å². The second-order valence-corrected chi connectivity index (χ2v) is 9.03. The van der Waals surface area contributed by atoms with Crippen LogP contribution in [0.2, 0.25) is 10.0 Å². The van der Waals surface area contributed by atoms with Crippen molar-refractivity contribution < 1.29 is 19.4 Å². The molecule has 8 heteroatoms. The van der Waals surface area contributed by atoms with Gasteiger partial charge in [-0.2, -0.15) is 0 Å². The molecule has 176 valence electrons. The number of Topliss-reactive ketones (excluding diaryl/α,β-unsaturated/α-hetero) is 1. The Morgan fingerprint density at radius 1 is 1.12 bits per heavy atom. The van der Waals surface area contributed by atoms with Crippen LogP contribution < -0.4 is 4.74 Å². The summed E-state index contributed by atoms with van der Waals surface area (Å²) in [4.78, 5) is 29.7. The summed E-state index contributed by atoms with van der Waals surface area (Å²) in [6.45, 7) is 3.19. The maximum Gasteiger partial charge on any atom is 0.295 e. The monoisotopic (exact) mass is 490 g/mol. The Kier molecular flexibility index (Phi) is 8.05. The zero-order valence-corrected chi connectivity index (χ0v) is 20.7. The summed E-state index contributed by atoms with van der Waals surface area (Å²) in [6, 6.07) is 9.96. The highest BCUT2D eigenvalue weighted by Gasteiger charge is 2.45. The van der Waals surface area contributed by atoms with Gasteiger partial charge in [-0.15, -0.1) is 0 Å². The van der Waals surface area contributed by atoms with Gasteiger partial charge in [-0.05, 0) is 56.7 Å². The third-order valence-electron chi connectivity index (χ3n) is 5.72. The Morgan fingerprint density at radius 3 is 2.24 bits per heavy atom. The van der Waals surface area contributed by atoms with Crippen molar-refractivity contribution >= 4 is 40.7 Å². The molecule has 2 aromatic carbocycles. The lowest BCUT2D eigenvalue weighted by Gasteiger charge is -2.26. The number of halogens is 2. The van der Waals surface area contributed by atoms with Crippen LogP contribution in [0, 0.1) is 0 Å². The van der Waals surface area contributed by atoms with E-state index in [9.17, 15) is 14.7 Å². The lowest BCUT2D eigenvalue weighted by molar-refractivity contribution is -0.139. The molecule has 0 aliphatic carbocycles. The van der Waals surface area contributed by atoms with Crippen molar-refractivity contribution in [2.75, 3.05) is 34.3 Å². The first kappa shape index (κ1) is 25.1. The Morgan fingerprint density at radius 2 is 1.73 bits per heavy atom. The number of aliphatic hydroxyl groups excluding tert-OH is 1. The highest BCUT2D eigenvalue weighted by atomic mass is 35.5. The summed E-state index contributed by atoms with van der Waals surface area (Å²) < 4.78 is 5.17. The second-order valence-electron chi connectivity index (χ2n) is 8.22. The normalized spacial score (nSPS) is 17.8. The van der Waals surface area contributed by atoms with Crippen molar-refractivity contribution in [1.82, 2.24) is 9.80 Å². The quantitative estimate of drug-likeness (QED) is 0.322. The summed E-state index contributed by atoms with van der Waals surface area (Å²) >= 11 is 12.5. The average Bonchev–Trinajstić information content (AvgIpc) is 3.03. The molecule has 0 spiro atoms. The number of likely N-dealkylation sites (tertiary alicyclic amines) is 1. The number of hydrogen-bond donors (Lipinski definition) is 1. The van der Waals surface area contributed by atoms with E-state index in [1.54, 1.807) is 0 Å². The number of aliphatic hydroxyl groups is 1. The van der Waals surface area contributed by atoms with Gasteiger partial charge < -0.3 is 19.6 Å². The van der Waals surface area contributed by atoms with Gasteiger partial charge in [0.15, 0.2) is 5.75 Å². The Balaban J connectivity index is 2.13. The molecule has 1 amide bonds. The summed E-state index contributed by atoms with van der Waals surface area (Å²) in [7, 11) is 5.34. The Labute approximate surface area is 204 Å². The third-order valence-corrected chi connectivity index (χ3v) is 6.29. The van der Waals surface area contributed by atoms with E-state index in [-0.39, 0.29) is 32.7 Å². The van der Waals surface area contributed by atoms with Crippen LogP contribution in [0.3, 0.4) is 0 Å². The number of benzene rings is 2. The lowest BCUT2D eigenvalue weighted by Crippen LogP contribution is -2.32. The molecule has 1 fully saturated rings. The van der Waals surface area contributed by atoms with Crippen LogP contribution in [-0.4, -0.2) is 60.9 Å². The number of carbonyl (C=O) groups is 2. The molecule has 1 saturated heterocycles. The molecule has 33 heavy (non-hydrogen) atoms. The smallest absolute Gasteiger partial charge is 0.295 e. The van der Waals surface area contributed by atoms with Crippen LogP contribution in [0.1, 0.15) is 36.1 Å². The van der Waals surface area contributed by atoms with Crippen molar-refractivity contribution in [1.29, 1.82) is 0 Å². The maximum absolute atomic E-state index is 13.1. The van der Waals surface area contributed by atoms with Crippen LogP contribution in [0.4, 0.5) is 0 Å². The number of ketones is 1. The fraction of sp³-hybridized carbons (Fsp3) is 0.360. The van der Waals surface area contributed by atoms with Crippen LogP contribution in [0.25, 0.3) is 5.76 Å². The minimum absolute atomic E-state index is 0.0198. The standard InChI is InChI=1S/C25H28Cl2N2O4/c1-5-15-7-9-16(10-8-15)21-20(23(31)25(32)29(21)12-6-11-28(2)3)22(30)17-13-18(26)24(33-4)19(27)14-17/h7-10,13-14,21,30H,5-6,11-12H2,1-4H3/b22-20+. The van der Waals surface area contributed by atoms with Gasteiger partial charge in [0.05, 0.1) is 28.8 Å². The number of rotatable bonds is 8. The molecule has 1 aliphatic rings. The number of nitrogens with zero attached hydrogens (tertiary/aromatic N) is 2.